The van der Waals surface area contributed by atoms with Crippen LogP contribution in [0.5, 0.6) is 0 Å². The molecule has 1 aliphatic carbocycles. The fourth-order valence-corrected chi connectivity index (χ4v) is 5.49. The highest BCUT2D eigenvalue weighted by Gasteiger charge is 2.38. The molecule has 1 saturated heterocycles. The van der Waals surface area contributed by atoms with Gasteiger partial charge in [0, 0.05) is 41.6 Å². The van der Waals surface area contributed by atoms with Crippen LogP contribution in [0.1, 0.15) is 25.7 Å². The van der Waals surface area contributed by atoms with Gasteiger partial charge in [-0.25, -0.2) is 9.97 Å². The first-order valence-corrected chi connectivity index (χ1v) is 12.6. The molecule has 3 aromatic rings. The fraction of sp³-hybridized carbons (Fsp3) is 0.385. The number of aliphatic carboxylic acids is 1. The molecule has 1 amide bonds. The Bertz CT molecular complexity index is 1210. The van der Waals surface area contributed by atoms with E-state index in [1.807, 2.05) is 53.4 Å². The lowest BCUT2D eigenvalue weighted by molar-refractivity contribution is -0.152. The van der Waals surface area contributed by atoms with Crippen molar-refractivity contribution in [3.63, 3.8) is 0 Å². The number of fused-ring (bicyclic) bond motifs is 1. The number of carboxylic acid groups (broad SMARTS) is 1. The monoisotopic (exact) mass is 522 g/mol. The summed E-state index contributed by atoms with van der Waals surface area (Å²) in [6.45, 7) is 2.33. The highest BCUT2D eigenvalue weighted by molar-refractivity contribution is 9.10. The zero-order valence-corrected chi connectivity index (χ0v) is 20.4. The average molecular weight is 523 g/mol. The van der Waals surface area contributed by atoms with Gasteiger partial charge in [0.25, 0.3) is 0 Å². The van der Waals surface area contributed by atoms with E-state index in [2.05, 4.69) is 20.8 Å². The Labute approximate surface area is 206 Å². The summed E-state index contributed by atoms with van der Waals surface area (Å²) < 4.78 is 0.975. The summed E-state index contributed by atoms with van der Waals surface area (Å²) in [7, 11) is 0. The van der Waals surface area contributed by atoms with Crippen molar-refractivity contribution in [2.45, 2.75) is 25.7 Å². The number of aromatic nitrogens is 2. The standard InChI is InChI=1S/C26H27BrN4O3/c27-18-10-11-22-21(16-18)23(17-6-2-1-3-7-17)29-26(28-22)31-14-12-30(13-15-31)24(32)19-8-4-5-9-20(19)25(33)34/h1-3,6-7,10-11,16,19-20H,4-5,8-9,12-15H2,(H,33,34)/t19-,20+/m1/s1. The molecule has 5 rings (SSSR count). The van der Waals surface area contributed by atoms with Crippen LogP contribution >= 0.6 is 15.9 Å². The number of hydrogen-bond donors (Lipinski definition) is 1. The van der Waals surface area contributed by atoms with E-state index in [1.54, 1.807) is 0 Å². The van der Waals surface area contributed by atoms with E-state index in [0.717, 1.165) is 39.5 Å². The maximum absolute atomic E-state index is 13.2. The highest BCUT2D eigenvalue weighted by Crippen LogP contribution is 2.33. The maximum Gasteiger partial charge on any atom is 0.307 e. The van der Waals surface area contributed by atoms with Crippen LogP contribution in [0.25, 0.3) is 22.2 Å². The Morgan fingerprint density at radius 2 is 1.62 bits per heavy atom. The second kappa shape index (κ2) is 9.70. The molecule has 34 heavy (non-hydrogen) atoms. The van der Waals surface area contributed by atoms with Gasteiger partial charge in [0.2, 0.25) is 11.9 Å². The average Bonchev–Trinajstić information content (AvgIpc) is 2.88. The molecule has 176 valence electrons. The third-order valence-electron chi connectivity index (χ3n) is 6.97. The lowest BCUT2D eigenvalue weighted by Crippen LogP contribution is -2.52. The number of benzene rings is 2. The molecule has 0 unspecified atom stereocenters. The fourth-order valence-electron chi connectivity index (χ4n) is 5.13. The summed E-state index contributed by atoms with van der Waals surface area (Å²) in [5.74, 6) is -1.17. The predicted octanol–water partition coefficient (Wildman–Crippen LogP) is 4.60. The number of rotatable bonds is 4. The van der Waals surface area contributed by atoms with Gasteiger partial charge in [-0.05, 0) is 31.0 Å². The molecule has 1 saturated carbocycles. The second-order valence-corrected chi connectivity index (χ2v) is 9.96. The van der Waals surface area contributed by atoms with Crippen molar-refractivity contribution in [3.05, 3.63) is 53.0 Å². The normalized spacial score (nSPS) is 21.0. The minimum Gasteiger partial charge on any atom is -0.481 e. The number of carbonyl (C=O) groups is 2. The Hall–Kier alpha value is -3.00. The van der Waals surface area contributed by atoms with Gasteiger partial charge < -0.3 is 14.9 Å². The highest BCUT2D eigenvalue weighted by atomic mass is 79.9. The molecule has 0 spiro atoms. The molecular formula is C26H27BrN4O3. The summed E-state index contributed by atoms with van der Waals surface area (Å²) in [4.78, 5) is 38.6. The molecule has 2 aromatic carbocycles. The van der Waals surface area contributed by atoms with E-state index >= 15 is 0 Å². The van der Waals surface area contributed by atoms with Gasteiger partial charge in [-0.3, -0.25) is 9.59 Å². The first-order valence-electron chi connectivity index (χ1n) is 11.8. The number of halogens is 1. The molecular weight excluding hydrogens is 496 g/mol. The molecule has 2 fully saturated rings. The van der Waals surface area contributed by atoms with Gasteiger partial charge in [0.15, 0.2) is 0 Å². The van der Waals surface area contributed by atoms with Crippen LogP contribution in [0.4, 0.5) is 5.95 Å². The maximum atomic E-state index is 13.2. The Morgan fingerprint density at radius 3 is 2.32 bits per heavy atom. The summed E-state index contributed by atoms with van der Waals surface area (Å²) >= 11 is 3.56. The topological polar surface area (TPSA) is 86.6 Å². The largest absolute Gasteiger partial charge is 0.481 e. The third-order valence-corrected chi connectivity index (χ3v) is 7.46. The molecule has 2 aliphatic rings. The van der Waals surface area contributed by atoms with Crippen LogP contribution in [0.3, 0.4) is 0 Å². The lowest BCUT2D eigenvalue weighted by atomic mass is 9.78. The Kier molecular flexibility index (Phi) is 6.50. The van der Waals surface area contributed by atoms with Crippen molar-refractivity contribution >= 4 is 44.7 Å². The Morgan fingerprint density at radius 1 is 0.912 bits per heavy atom. The number of anilines is 1. The lowest BCUT2D eigenvalue weighted by Gasteiger charge is -2.38. The van der Waals surface area contributed by atoms with Gasteiger partial charge in [-0.1, -0.05) is 59.1 Å². The number of amides is 1. The second-order valence-electron chi connectivity index (χ2n) is 9.05. The molecule has 1 aliphatic heterocycles. The van der Waals surface area contributed by atoms with Crippen LogP contribution in [-0.4, -0.2) is 58.0 Å². The van der Waals surface area contributed by atoms with E-state index in [-0.39, 0.29) is 5.91 Å². The zero-order valence-electron chi connectivity index (χ0n) is 18.9. The van der Waals surface area contributed by atoms with Crippen molar-refractivity contribution in [3.8, 4) is 11.3 Å². The van der Waals surface area contributed by atoms with Gasteiger partial charge in [0.05, 0.1) is 23.0 Å². The summed E-state index contributed by atoms with van der Waals surface area (Å²) in [6, 6.07) is 16.1. The summed E-state index contributed by atoms with van der Waals surface area (Å²) in [6.07, 6.45) is 3.06. The van der Waals surface area contributed by atoms with Crippen LogP contribution in [-0.2, 0) is 9.59 Å². The zero-order chi connectivity index (χ0) is 23.7. The SMILES string of the molecule is O=C(O)[C@H]1CCCC[C@H]1C(=O)N1CCN(c2nc(-c3ccccc3)c3cc(Br)ccc3n2)CC1. The van der Waals surface area contributed by atoms with Gasteiger partial charge in [-0.15, -0.1) is 0 Å². The van der Waals surface area contributed by atoms with Crippen LogP contribution in [0, 0.1) is 11.8 Å². The van der Waals surface area contributed by atoms with Crippen molar-refractivity contribution in [2.75, 3.05) is 31.1 Å². The van der Waals surface area contributed by atoms with Gasteiger partial charge >= 0.3 is 5.97 Å². The Balaban J connectivity index is 1.37. The van der Waals surface area contributed by atoms with Crippen LogP contribution in [0.15, 0.2) is 53.0 Å². The first kappa shape index (κ1) is 22.8. The van der Waals surface area contributed by atoms with E-state index in [0.29, 0.717) is 45.0 Å². The van der Waals surface area contributed by atoms with Crippen molar-refractivity contribution in [1.82, 2.24) is 14.9 Å². The minimum absolute atomic E-state index is 0.0130. The minimum atomic E-state index is -0.846. The van der Waals surface area contributed by atoms with E-state index < -0.39 is 17.8 Å². The number of nitrogens with zero attached hydrogens (tertiary/aromatic N) is 4. The smallest absolute Gasteiger partial charge is 0.307 e. The first-order chi connectivity index (χ1) is 16.5. The molecule has 7 nitrogen and oxygen atoms in total. The number of piperazine rings is 1. The van der Waals surface area contributed by atoms with Crippen molar-refractivity contribution in [2.24, 2.45) is 11.8 Å². The molecule has 0 radical (unpaired) electrons. The van der Waals surface area contributed by atoms with E-state index in [4.69, 9.17) is 9.97 Å². The summed E-state index contributed by atoms with van der Waals surface area (Å²) in [5.41, 5.74) is 2.78. The predicted molar refractivity (Wildman–Crippen MR) is 135 cm³/mol. The van der Waals surface area contributed by atoms with E-state index in [9.17, 15) is 14.7 Å². The number of hydrogen-bond acceptors (Lipinski definition) is 5. The van der Waals surface area contributed by atoms with E-state index in [1.165, 1.54) is 0 Å². The van der Waals surface area contributed by atoms with Gasteiger partial charge in [-0.2, -0.15) is 0 Å². The molecule has 1 N–H and O–H groups in total. The van der Waals surface area contributed by atoms with Crippen LogP contribution in [0.2, 0.25) is 0 Å². The molecule has 2 atom stereocenters. The summed E-state index contributed by atoms with van der Waals surface area (Å²) in [5, 5.41) is 10.6. The molecule has 1 aromatic heterocycles. The molecule has 0 bridgehead atoms. The number of carboxylic acids is 1. The van der Waals surface area contributed by atoms with Crippen molar-refractivity contribution < 1.29 is 14.7 Å². The quantitative estimate of drug-likeness (QED) is 0.538. The van der Waals surface area contributed by atoms with Crippen LogP contribution < -0.4 is 4.90 Å². The molecule has 8 heteroatoms. The van der Waals surface area contributed by atoms with Gasteiger partial charge in [0.1, 0.15) is 0 Å². The third kappa shape index (κ3) is 4.51. The molecule has 2 heterocycles. The van der Waals surface area contributed by atoms with Crippen molar-refractivity contribution in [1.29, 1.82) is 0 Å². The number of carbonyl (C=O) groups excluding carboxylic acids is 1.